The molecular formula is C15H18F2N4OS. The molecule has 0 amide bonds. The average molecular weight is 340 g/mol. The smallest absolute Gasteiger partial charge is 0.387 e. The van der Waals surface area contributed by atoms with Crippen LogP contribution in [0.15, 0.2) is 24.3 Å². The molecule has 0 radical (unpaired) electrons. The molecule has 2 N–H and O–H groups in total. The molecule has 5 nitrogen and oxygen atoms in total. The molecule has 2 rings (SSSR count). The zero-order valence-electron chi connectivity index (χ0n) is 13.1. The summed E-state index contributed by atoms with van der Waals surface area (Å²) in [6, 6.07) is 6.89. The minimum Gasteiger partial charge on any atom is -0.433 e. The van der Waals surface area contributed by atoms with Crippen molar-refractivity contribution in [2.24, 2.45) is 7.05 Å². The van der Waals surface area contributed by atoms with Gasteiger partial charge in [0.15, 0.2) is 5.11 Å². The fourth-order valence-corrected chi connectivity index (χ4v) is 2.17. The van der Waals surface area contributed by atoms with Crippen LogP contribution < -0.4 is 15.4 Å². The number of halogens is 2. The second-order valence-electron chi connectivity index (χ2n) is 5.09. The number of aromatic nitrogens is 2. The van der Waals surface area contributed by atoms with Gasteiger partial charge in [-0.25, -0.2) is 0 Å². The van der Waals surface area contributed by atoms with Crippen LogP contribution in [-0.2, 0) is 13.6 Å². The van der Waals surface area contributed by atoms with Crippen LogP contribution in [0.2, 0.25) is 0 Å². The Balaban J connectivity index is 1.99. The number of ether oxygens (including phenoxy) is 1. The minimum atomic E-state index is -2.89. The molecule has 0 spiro atoms. The van der Waals surface area contributed by atoms with E-state index < -0.39 is 6.61 Å². The highest BCUT2D eigenvalue weighted by molar-refractivity contribution is 7.80. The molecule has 2 aromatic rings. The summed E-state index contributed by atoms with van der Waals surface area (Å²) in [6.45, 7) is 1.29. The summed E-state index contributed by atoms with van der Waals surface area (Å²) in [5.74, 6) is 0.0535. The van der Waals surface area contributed by atoms with Crippen molar-refractivity contribution in [1.29, 1.82) is 0 Å². The molecule has 1 aromatic carbocycles. The van der Waals surface area contributed by atoms with Gasteiger partial charge in [0.1, 0.15) is 5.75 Å². The van der Waals surface area contributed by atoms with E-state index in [1.165, 1.54) is 6.07 Å². The second kappa shape index (κ2) is 7.36. The normalized spacial score (nSPS) is 10.7. The van der Waals surface area contributed by atoms with Crippen molar-refractivity contribution in [2.45, 2.75) is 27.0 Å². The Hall–Kier alpha value is -2.22. The van der Waals surface area contributed by atoms with Crippen LogP contribution in [0.1, 0.15) is 17.0 Å². The second-order valence-corrected chi connectivity index (χ2v) is 5.49. The van der Waals surface area contributed by atoms with Gasteiger partial charge in [-0.15, -0.1) is 0 Å². The summed E-state index contributed by atoms with van der Waals surface area (Å²) in [6.07, 6.45) is 0. The van der Waals surface area contributed by atoms with E-state index in [2.05, 4.69) is 20.5 Å². The zero-order valence-corrected chi connectivity index (χ0v) is 13.9. The number of rotatable bonds is 5. The monoisotopic (exact) mass is 340 g/mol. The largest absolute Gasteiger partial charge is 0.433 e. The first-order valence-corrected chi connectivity index (χ1v) is 7.36. The predicted molar refractivity (Wildman–Crippen MR) is 88.8 cm³/mol. The summed E-state index contributed by atoms with van der Waals surface area (Å²) in [4.78, 5) is 0. The summed E-state index contributed by atoms with van der Waals surface area (Å²) in [5.41, 5.74) is 3.06. The van der Waals surface area contributed by atoms with Gasteiger partial charge in [0.05, 0.1) is 17.9 Å². The quantitative estimate of drug-likeness (QED) is 0.819. The number of aryl methyl sites for hydroxylation is 3. The maximum absolute atomic E-state index is 12.5. The van der Waals surface area contributed by atoms with Crippen LogP contribution in [0.4, 0.5) is 14.5 Å². The fraction of sp³-hybridized carbons (Fsp3) is 0.333. The van der Waals surface area contributed by atoms with Crippen molar-refractivity contribution in [2.75, 3.05) is 5.32 Å². The van der Waals surface area contributed by atoms with Crippen LogP contribution >= 0.6 is 12.2 Å². The van der Waals surface area contributed by atoms with E-state index in [0.717, 1.165) is 17.0 Å². The van der Waals surface area contributed by atoms with E-state index in [4.69, 9.17) is 12.2 Å². The maximum atomic E-state index is 12.5. The molecule has 8 heteroatoms. The Labute approximate surface area is 138 Å². The molecule has 0 saturated heterocycles. The number of anilines is 1. The van der Waals surface area contributed by atoms with Gasteiger partial charge < -0.3 is 15.4 Å². The lowest BCUT2D eigenvalue weighted by molar-refractivity contribution is -0.0493. The van der Waals surface area contributed by atoms with Gasteiger partial charge in [-0.05, 0) is 49.8 Å². The van der Waals surface area contributed by atoms with E-state index in [1.54, 1.807) is 23.7 Å². The van der Waals surface area contributed by atoms with Gasteiger partial charge in [-0.1, -0.05) is 6.07 Å². The molecule has 23 heavy (non-hydrogen) atoms. The van der Waals surface area contributed by atoms with E-state index in [-0.39, 0.29) is 5.75 Å². The van der Waals surface area contributed by atoms with Crippen molar-refractivity contribution in [3.8, 4) is 5.75 Å². The summed E-state index contributed by atoms with van der Waals surface area (Å²) in [7, 11) is 1.86. The molecule has 0 unspecified atom stereocenters. The van der Waals surface area contributed by atoms with E-state index >= 15 is 0 Å². The van der Waals surface area contributed by atoms with Crippen molar-refractivity contribution >= 4 is 23.0 Å². The van der Waals surface area contributed by atoms with Crippen LogP contribution in [0.5, 0.6) is 5.75 Å². The molecule has 0 aliphatic carbocycles. The number of hydrogen-bond acceptors (Lipinski definition) is 3. The van der Waals surface area contributed by atoms with Crippen molar-refractivity contribution in [3.63, 3.8) is 0 Å². The summed E-state index contributed by atoms with van der Waals surface area (Å²) in [5, 5.41) is 10.4. The number of benzene rings is 1. The molecule has 0 bridgehead atoms. The van der Waals surface area contributed by atoms with Gasteiger partial charge in [0.2, 0.25) is 0 Å². The highest BCUT2D eigenvalue weighted by Gasteiger charge is 2.11. The van der Waals surface area contributed by atoms with E-state index in [0.29, 0.717) is 17.3 Å². The number of alkyl halides is 2. The third-order valence-electron chi connectivity index (χ3n) is 3.20. The van der Waals surface area contributed by atoms with Crippen molar-refractivity contribution < 1.29 is 13.5 Å². The highest BCUT2D eigenvalue weighted by atomic mass is 32.1. The topological polar surface area (TPSA) is 51.1 Å². The summed E-state index contributed by atoms with van der Waals surface area (Å²) >= 11 is 5.18. The lowest BCUT2D eigenvalue weighted by Gasteiger charge is -2.14. The molecular weight excluding hydrogens is 322 g/mol. The molecule has 1 aromatic heterocycles. The number of hydrogen-bond donors (Lipinski definition) is 2. The van der Waals surface area contributed by atoms with Gasteiger partial charge in [-0.3, -0.25) is 4.68 Å². The first kappa shape index (κ1) is 17.1. The maximum Gasteiger partial charge on any atom is 0.387 e. The SMILES string of the molecule is Cc1ccc(NC(=S)NCc2cc(C)n(C)n2)c(OC(F)F)c1. The lowest BCUT2D eigenvalue weighted by atomic mass is 10.2. The molecule has 0 aliphatic rings. The van der Waals surface area contributed by atoms with Gasteiger partial charge in [0.25, 0.3) is 0 Å². The standard InChI is InChI=1S/C15H18F2N4OS/c1-9-4-5-12(13(6-9)22-14(16)17)19-15(23)18-8-11-7-10(2)21(3)20-11/h4-7,14H,8H2,1-3H3,(H2,18,19,23). The van der Waals surface area contributed by atoms with Crippen LogP contribution in [0, 0.1) is 13.8 Å². The van der Waals surface area contributed by atoms with Crippen molar-refractivity contribution in [3.05, 3.63) is 41.2 Å². The third-order valence-corrected chi connectivity index (χ3v) is 3.44. The van der Waals surface area contributed by atoms with Crippen molar-refractivity contribution in [1.82, 2.24) is 15.1 Å². The van der Waals surface area contributed by atoms with E-state index in [9.17, 15) is 8.78 Å². The molecule has 0 aliphatic heterocycles. The Morgan fingerprint density at radius 2 is 2.09 bits per heavy atom. The fourth-order valence-electron chi connectivity index (χ4n) is 1.98. The number of nitrogens with zero attached hydrogens (tertiary/aromatic N) is 2. The molecule has 1 heterocycles. The lowest BCUT2D eigenvalue weighted by Crippen LogP contribution is -2.28. The molecule has 0 saturated carbocycles. The van der Waals surface area contributed by atoms with Crippen LogP contribution in [0.3, 0.4) is 0 Å². The minimum absolute atomic E-state index is 0.0535. The summed E-state index contributed by atoms with van der Waals surface area (Å²) < 4.78 is 31.2. The Morgan fingerprint density at radius 3 is 2.70 bits per heavy atom. The molecule has 0 fully saturated rings. The highest BCUT2D eigenvalue weighted by Crippen LogP contribution is 2.27. The predicted octanol–water partition coefficient (Wildman–Crippen LogP) is 3.12. The first-order valence-electron chi connectivity index (χ1n) is 6.95. The van der Waals surface area contributed by atoms with Crippen LogP contribution in [0.25, 0.3) is 0 Å². The van der Waals surface area contributed by atoms with Gasteiger partial charge in [-0.2, -0.15) is 13.9 Å². The number of nitrogens with one attached hydrogen (secondary N) is 2. The first-order chi connectivity index (χ1) is 10.8. The van der Waals surface area contributed by atoms with Gasteiger partial charge >= 0.3 is 6.61 Å². The van der Waals surface area contributed by atoms with Crippen LogP contribution in [-0.4, -0.2) is 21.5 Å². The van der Waals surface area contributed by atoms with Gasteiger partial charge in [0, 0.05) is 12.7 Å². The van der Waals surface area contributed by atoms with E-state index in [1.807, 2.05) is 20.0 Å². The Bertz CT molecular complexity index is 683. The Morgan fingerprint density at radius 1 is 1.35 bits per heavy atom. The molecule has 0 atom stereocenters. The average Bonchev–Trinajstić information content (AvgIpc) is 2.78. The number of thiocarbonyl (C=S) groups is 1. The zero-order chi connectivity index (χ0) is 17.0. The molecule has 124 valence electrons. The Kier molecular flexibility index (Phi) is 5.49. The third kappa shape index (κ3) is 4.88.